The van der Waals surface area contributed by atoms with Crippen molar-refractivity contribution >= 4 is 27.8 Å². The van der Waals surface area contributed by atoms with E-state index in [0.717, 1.165) is 39.1 Å². The number of nitrogens with two attached hydrogens (primary N) is 1. The van der Waals surface area contributed by atoms with E-state index in [0.29, 0.717) is 25.6 Å². The molecule has 0 atom stereocenters. The number of nitrogens with one attached hydrogen (secondary N) is 1. The first-order valence-electron chi connectivity index (χ1n) is 8.57. The molecule has 0 radical (unpaired) electrons. The van der Waals surface area contributed by atoms with Crippen LogP contribution in [-0.2, 0) is 18.0 Å². The van der Waals surface area contributed by atoms with E-state index in [9.17, 15) is 0 Å². The van der Waals surface area contributed by atoms with Crippen molar-refractivity contribution in [2.24, 2.45) is 0 Å². The van der Waals surface area contributed by atoms with Crippen LogP contribution in [0.2, 0.25) is 0 Å². The lowest BCUT2D eigenvalue weighted by atomic mass is 10.1. The van der Waals surface area contributed by atoms with Crippen LogP contribution in [0.3, 0.4) is 0 Å². The second-order valence-corrected chi connectivity index (χ2v) is 5.99. The van der Waals surface area contributed by atoms with Crippen LogP contribution in [0.25, 0.3) is 21.9 Å². The van der Waals surface area contributed by atoms with Crippen molar-refractivity contribution in [3.05, 3.63) is 59.9 Å². The molecule has 0 aliphatic carbocycles. The van der Waals surface area contributed by atoms with Gasteiger partial charge in [-0.1, -0.05) is 30.3 Å². The first-order valence-corrected chi connectivity index (χ1v) is 8.57. The predicted octanol–water partition coefficient (Wildman–Crippen LogP) is 3.81. The molecule has 2 aromatic heterocycles. The first kappa shape index (κ1) is 16.4. The first-order chi connectivity index (χ1) is 12.7. The number of H-pyrrole nitrogens is 1. The average molecular weight is 348 g/mol. The quantitative estimate of drug-likeness (QED) is 0.553. The number of aromatic amines is 1. The lowest BCUT2D eigenvalue weighted by Gasteiger charge is -2.08. The Bertz CT molecular complexity index is 1040. The molecule has 0 bridgehead atoms. The highest BCUT2D eigenvalue weighted by Gasteiger charge is 2.12. The van der Waals surface area contributed by atoms with Crippen LogP contribution in [0.1, 0.15) is 18.3 Å². The lowest BCUT2D eigenvalue weighted by molar-refractivity contribution is 0.129. The minimum absolute atomic E-state index is 0.413. The summed E-state index contributed by atoms with van der Waals surface area (Å²) >= 11 is 0. The lowest BCUT2D eigenvalue weighted by Crippen LogP contribution is -1.96. The van der Waals surface area contributed by atoms with Gasteiger partial charge in [-0.25, -0.2) is 9.97 Å². The minimum atomic E-state index is 0.413. The molecule has 0 amide bonds. The van der Waals surface area contributed by atoms with Gasteiger partial charge in [0.2, 0.25) is 0 Å². The van der Waals surface area contributed by atoms with Crippen molar-refractivity contribution < 1.29 is 9.47 Å². The Labute approximate surface area is 151 Å². The fraction of sp³-hybridized carbons (Fsp3) is 0.200. The number of imidazole rings is 1. The number of rotatable bonds is 6. The Morgan fingerprint density at radius 1 is 1.04 bits per heavy atom. The second-order valence-electron chi connectivity index (χ2n) is 5.99. The summed E-state index contributed by atoms with van der Waals surface area (Å²) in [7, 11) is 0. The number of ether oxygens (including phenoxy) is 2. The van der Waals surface area contributed by atoms with E-state index in [1.165, 1.54) is 0 Å². The fourth-order valence-electron chi connectivity index (χ4n) is 2.89. The summed E-state index contributed by atoms with van der Waals surface area (Å²) in [5, 5.41) is 0.902. The maximum atomic E-state index is 6.08. The molecule has 0 saturated heterocycles. The zero-order valence-corrected chi connectivity index (χ0v) is 14.5. The van der Waals surface area contributed by atoms with Crippen molar-refractivity contribution in [2.75, 3.05) is 12.3 Å². The van der Waals surface area contributed by atoms with Crippen molar-refractivity contribution in [1.82, 2.24) is 15.0 Å². The normalized spacial score (nSPS) is 11.3. The van der Waals surface area contributed by atoms with Crippen molar-refractivity contribution in [3.63, 3.8) is 0 Å². The van der Waals surface area contributed by atoms with Gasteiger partial charge in [0, 0.05) is 12.0 Å². The number of aromatic nitrogens is 3. The third kappa shape index (κ3) is 3.19. The summed E-state index contributed by atoms with van der Waals surface area (Å²) in [6.45, 7) is 3.50. The van der Waals surface area contributed by atoms with E-state index in [1.807, 2.05) is 55.5 Å². The summed E-state index contributed by atoms with van der Waals surface area (Å²) in [5.41, 5.74) is 9.50. The molecule has 2 heterocycles. The zero-order valence-electron chi connectivity index (χ0n) is 14.5. The van der Waals surface area contributed by atoms with E-state index < -0.39 is 0 Å². The zero-order chi connectivity index (χ0) is 17.9. The molecule has 6 nitrogen and oxygen atoms in total. The number of pyridine rings is 1. The summed E-state index contributed by atoms with van der Waals surface area (Å²) < 4.78 is 11.4. The highest BCUT2D eigenvalue weighted by atomic mass is 16.5. The highest BCUT2D eigenvalue weighted by Crippen LogP contribution is 2.29. The Morgan fingerprint density at radius 2 is 1.88 bits per heavy atom. The van der Waals surface area contributed by atoms with E-state index in [4.69, 9.17) is 15.2 Å². The number of nitrogens with zero attached hydrogens (tertiary/aromatic N) is 2. The van der Waals surface area contributed by atoms with Crippen LogP contribution >= 0.6 is 0 Å². The molecule has 6 heteroatoms. The number of benzene rings is 2. The van der Waals surface area contributed by atoms with Crippen LogP contribution in [0.15, 0.2) is 48.5 Å². The minimum Gasteiger partial charge on any atom is -0.489 e. The van der Waals surface area contributed by atoms with Crippen LogP contribution in [0, 0.1) is 0 Å². The Hall–Kier alpha value is -3.12. The number of anilines is 1. The fourth-order valence-corrected chi connectivity index (χ4v) is 2.89. The molecule has 4 aromatic rings. The second kappa shape index (κ2) is 7.01. The van der Waals surface area contributed by atoms with Crippen molar-refractivity contribution in [3.8, 4) is 5.75 Å². The van der Waals surface area contributed by atoms with Crippen molar-refractivity contribution in [1.29, 1.82) is 0 Å². The Morgan fingerprint density at radius 3 is 2.69 bits per heavy atom. The van der Waals surface area contributed by atoms with Gasteiger partial charge in [0.15, 0.2) is 0 Å². The molecule has 0 aliphatic heterocycles. The van der Waals surface area contributed by atoms with Gasteiger partial charge in [0.1, 0.15) is 41.6 Å². The molecule has 0 saturated carbocycles. The third-order valence-electron chi connectivity index (χ3n) is 4.16. The predicted molar refractivity (Wildman–Crippen MR) is 102 cm³/mol. The Balaban J connectivity index is 1.70. The standard InChI is InChI=1S/C20H20N4O2/c1-2-25-12-17-23-18-15-10-14(26-11-13-6-4-3-5-7-13)8-9-16(15)22-20(21)19(18)24-17/h3-10H,2,11-12H2,1H3,(H2,21,22)(H,23,24). The molecule has 132 valence electrons. The molecule has 0 unspecified atom stereocenters. The van der Waals surface area contributed by atoms with Gasteiger partial charge in [0.25, 0.3) is 0 Å². The van der Waals surface area contributed by atoms with E-state index in [1.54, 1.807) is 0 Å². The number of nitrogen functional groups attached to an aromatic ring is 1. The van der Waals surface area contributed by atoms with Gasteiger partial charge < -0.3 is 20.2 Å². The monoisotopic (exact) mass is 348 g/mol. The molecule has 0 aliphatic rings. The van der Waals surface area contributed by atoms with Crippen molar-refractivity contribution in [2.45, 2.75) is 20.1 Å². The SMILES string of the molecule is CCOCc1nc2c([nH]1)c(N)nc1ccc(OCc3ccccc3)cc12. The van der Waals surface area contributed by atoms with Gasteiger partial charge in [-0.05, 0) is 30.7 Å². The highest BCUT2D eigenvalue weighted by molar-refractivity contribution is 6.06. The molecular weight excluding hydrogens is 328 g/mol. The molecule has 0 fully saturated rings. The van der Waals surface area contributed by atoms with E-state index in [-0.39, 0.29) is 0 Å². The average Bonchev–Trinajstić information content (AvgIpc) is 3.11. The van der Waals surface area contributed by atoms with E-state index >= 15 is 0 Å². The molecule has 26 heavy (non-hydrogen) atoms. The van der Waals surface area contributed by atoms with Gasteiger partial charge in [-0.3, -0.25) is 0 Å². The van der Waals surface area contributed by atoms with Crippen LogP contribution in [-0.4, -0.2) is 21.6 Å². The maximum Gasteiger partial charge on any atom is 0.150 e. The molecular formula is C20H20N4O2. The third-order valence-corrected chi connectivity index (χ3v) is 4.16. The summed E-state index contributed by atoms with van der Waals surface area (Å²) in [4.78, 5) is 12.3. The smallest absolute Gasteiger partial charge is 0.150 e. The number of fused-ring (bicyclic) bond motifs is 3. The summed E-state index contributed by atoms with van der Waals surface area (Å²) in [6, 6.07) is 15.8. The number of hydrogen-bond acceptors (Lipinski definition) is 5. The van der Waals surface area contributed by atoms with Gasteiger partial charge >= 0.3 is 0 Å². The summed E-state index contributed by atoms with van der Waals surface area (Å²) in [6.07, 6.45) is 0. The van der Waals surface area contributed by atoms with E-state index in [2.05, 4.69) is 15.0 Å². The molecule has 2 aromatic carbocycles. The van der Waals surface area contributed by atoms with Crippen LogP contribution < -0.4 is 10.5 Å². The Kier molecular flexibility index (Phi) is 4.41. The van der Waals surface area contributed by atoms with Crippen LogP contribution in [0.4, 0.5) is 5.82 Å². The number of hydrogen-bond donors (Lipinski definition) is 2. The molecule has 3 N–H and O–H groups in total. The van der Waals surface area contributed by atoms with Gasteiger partial charge in [-0.15, -0.1) is 0 Å². The largest absolute Gasteiger partial charge is 0.489 e. The van der Waals surface area contributed by atoms with Crippen LogP contribution in [0.5, 0.6) is 5.75 Å². The molecule has 0 spiro atoms. The summed E-state index contributed by atoms with van der Waals surface area (Å²) in [5.74, 6) is 1.93. The van der Waals surface area contributed by atoms with Gasteiger partial charge in [-0.2, -0.15) is 0 Å². The van der Waals surface area contributed by atoms with Gasteiger partial charge in [0.05, 0.1) is 5.52 Å². The topological polar surface area (TPSA) is 86.0 Å². The maximum absolute atomic E-state index is 6.08. The molecule has 4 rings (SSSR count).